The number of nitrogens with one attached hydrogen (secondary N) is 1. The first-order chi connectivity index (χ1) is 7.99. The average molecular weight is 236 g/mol. The molecule has 2 N–H and O–H groups in total. The molecule has 1 saturated heterocycles. The summed E-state index contributed by atoms with van der Waals surface area (Å²) in [5.74, 6) is 0.132. The second-order valence-corrected chi connectivity index (χ2v) is 5.39. The maximum absolute atomic E-state index is 12.1. The molecule has 17 heavy (non-hydrogen) atoms. The number of hydrogen-bond acceptors (Lipinski definition) is 2. The van der Waals surface area contributed by atoms with E-state index in [9.17, 15) is 9.90 Å². The van der Waals surface area contributed by atoms with Gasteiger partial charge in [-0.25, -0.2) is 0 Å². The van der Waals surface area contributed by atoms with E-state index in [0.29, 0.717) is 19.4 Å². The van der Waals surface area contributed by atoms with Gasteiger partial charge in [-0.1, -0.05) is 0 Å². The Morgan fingerprint density at radius 2 is 2.41 bits per heavy atom. The van der Waals surface area contributed by atoms with E-state index in [4.69, 9.17) is 0 Å². The molecule has 0 radical (unpaired) electrons. The minimum absolute atomic E-state index is 0.132. The number of carbonyl (C=O) groups excluding carboxylic acids is 1. The quantitative estimate of drug-likeness (QED) is 0.831. The Morgan fingerprint density at radius 3 is 2.94 bits per heavy atom. The molecule has 1 amide bonds. The molecule has 4 nitrogen and oxygen atoms in total. The second kappa shape index (κ2) is 4.53. The SMILES string of the molecule is CC1(C)CC(O)CN1C(=O)CCc1cc[nH]c1. The van der Waals surface area contributed by atoms with Crippen LogP contribution < -0.4 is 0 Å². The molecule has 1 aromatic heterocycles. The van der Waals surface area contributed by atoms with Crippen molar-refractivity contribution in [1.29, 1.82) is 0 Å². The number of H-pyrrole nitrogens is 1. The van der Waals surface area contributed by atoms with Crippen LogP contribution in [-0.2, 0) is 11.2 Å². The van der Waals surface area contributed by atoms with Crippen molar-refractivity contribution in [2.75, 3.05) is 6.54 Å². The standard InChI is InChI=1S/C13H20N2O2/c1-13(2)7-11(16)9-15(13)12(17)4-3-10-5-6-14-8-10/h5-6,8,11,14,16H,3-4,7,9H2,1-2H3. The van der Waals surface area contributed by atoms with Gasteiger partial charge >= 0.3 is 0 Å². The van der Waals surface area contributed by atoms with Crippen LogP contribution in [0.15, 0.2) is 18.5 Å². The summed E-state index contributed by atoms with van der Waals surface area (Å²) in [5.41, 5.74) is 0.935. The highest BCUT2D eigenvalue weighted by Gasteiger charge is 2.39. The van der Waals surface area contributed by atoms with Crippen LogP contribution in [0.3, 0.4) is 0 Å². The van der Waals surface area contributed by atoms with Gasteiger partial charge in [0.2, 0.25) is 5.91 Å². The number of aliphatic hydroxyl groups is 1. The lowest BCUT2D eigenvalue weighted by Crippen LogP contribution is -2.42. The summed E-state index contributed by atoms with van der Waals surface area (Å²) >= 11 is 0. The van der Waals surface area contributed by atoms with Crippen molar-refractivity contribution in [1.82, 2.24) is 9.88 Å². The Hall–Kier alpha value is -1.29. The summed E-state index contributed by atoms with van der Waals surface area (Å²) in [6, 6.07) is 1.98. The van der Waals surface area contributed by atoms with Crippen molar-refractivity contribution in [2.45, 2.75) is 44.8 Å². The van der Waals surface area contributed by atoms with E-state index in [0.717, 1.165) is 12.0 Å². The normalized spacial score (nSPS) is 23.0. The number of carbonyl (C=O) groups is 1. The van der Waals surface area contributed by atoms with Crippen LogP contribution in [0, 0.1) is 0 Å². The molecule has 0 saturated carbocycles. The molecule has 1 atom stereocenters. The number of likely N-dealkylation sites (tertiary alicyclic amines) is 1. The van der Waals surface area contributed by atoms with Gasteiger partial charge in [-0.2, -0.15) is 0 Å². The Bertz CT molecular complexity index is 384. The fourth-order valence-electron chi connectivity index (χ4n) is 2.55. The zero-order valence-electron chi connectivity index (χ0n) is 10.4. The number of aryl methyl sites for hydroxylation is 1. The van der Waals surface area contributed by atoms with Crippen LogP contribution in [0.4, 0.5) is 0 Å². The third-order valence-electron chi connectivity index (χ3n) is 3.45. The Labute approximate surface area is 102 Å². The van der Waals surface area contributed by atoms with Gasteiger partial charge in [0.25, 0.3) is 0 Å². The molecular weight excluding hydrogens is 216 g/mol. The van der Waals surface area contributed by atoms with Gasteiger partial charge in [-0.15, -0.1) is 0 Å². The molecular formula is C13H20N2O2. The molecule has 0 bridgehead atoms. The van der Waals surface area contributed by atoms with Crippen LogP contribution in [-0.4, -0.2) is 39.1 Å². The van der Waals surface area contributed by atoms with E-state index >= 15 is 0 Å². The molecule has 1 aliphatic heterocycles. The van der Waals surface area contributed by atoms with Crippen molar-refractivity contribution in [2.24, 2.45) is 0 Å². The summed E-state index contributed by atoms with van der Waals surface area (Å²) in [7, 11) is 0. The molecule has 0 spiro atoms. The highest BCUT2D eigenvalue weighted by Crippen LogP contribution is 2.29. The van der Waals surface area contributed by atoms with Crippen LogP contribution in [0.2, 0.25) is 0 Å². The third kappa shape index (κ3) is 2.69. The largest absolute Gasteiger partial charge is 0.391 e. The highest BCUT2D eigenvalue weighted by atomic mass is 16.3. The Balaban J connectivity index is 1.92. The fourth-order valence-corrected chi connectivity index (χ4v) is 2.55. The van der Waals surface area contributed by atoms with Crippen LogP contribution in [0.25, 0.3) is 0 Å². The first-order valence-electron chi connectivity index (χ1n) is 6.09. The first-order valence-corrected chi connectivity index (χ1v) is 6.09. The molecule has 0 aromatic carbocycles. The topological polar surface area (TPSA) is 56.3 Å². The monoisotopic (exact) mass is 236 g/mol. The number of amides is 1. The van der Waals surface area contributed by atoms with Crippen molar-refractivity contribution in [3.05, 3.63) is 24.0 Å². The second-order valence-electron chi connectivity index (χ2n) is 5.39. The molecule has 0 aliphatic carbocycles. The van der Waals surface area contributed by atoms with E-state index < -0.39 is 0 Å². The number of rotatable bonds is 3. The third-order valence-corrected chi connectivity index (χ3v) is 3.45. The van der Waals surface area contributed by atoms with E-state index in [1.54, 1.807) is 0 Å². The van der Waals surface area contributed by atoms with Gasteiger partial charge in [0.15, 0.2) is 0 Å². The maximum atomic E-state index is 12.1. The fraction of sp³-hybridized carbons (Fsp3) is 0.615. The first kappa shape index (κ1) is 12.2. The van der Waals surface area contributed by atoms with Crippen LogP contribution in [0.5, 0.6) is 0 Å². The van der Waals surface area contributed by atoms with Gasteiger partial charge in [-0.3, -0.25) is 4.79 Å². The summed E-state index contributed by atoms with van der Waals surface area (Å²) in [6.07, 6.45) is 5.34. The lowest BCUT2D eigenvalue weighted by Gasteiger charge is -2.31. The molecule has 1 aliphatic rings. The van der Waals surface area contributed by atoms with Crippen molar-refractivity contribution in [3.63, 3.8) is 0 Å². The zero-order chi connectivity index (χ0) is 12.5. The van der Waals surface area contributed by atoms with E-state index in [1.165, 1.54) is 0 Å². The Morgan fingerprint density at radius 1 is 1.65 bits per heavy atom. The summed E-state index contributed by atoms with van der Waals surface area (Å²) in [6.45, 7) is 4.49. The van der Waals surface area contributed by atoms with Crippen molar-refractivity contribution in [3.8, 4) is 0 Å². The van der Waals surface area contributed by atoms with Gasteiger partial charge in [0.1, 0.15) is 0 Å². The summed E-state index contributed by atoms with van der Waals surface area (Å²) in [5, 5.41) is 9.64. The highest BCUT2D eigenvalue weighted by molar-refractivity contribution is 5.77. The van der Waals surface area contributed by atoms with E-state index in [2.05, 4.69) is 4.98 Å². The lowest BCUT2D eigenvalue weighted by atomic mass is 10.0. The number of aromatic amines is 1. The minimum atomic E-state index is -0.374. The number of hydrogen-bond donors (Lipinski definition) is 2. The molecule has 4 heteroatoms. The summed E-state index contributed by atoms with van der Waals surface area (Å²) in [4.78, 5) is 16.9. The number of nitrogens with zero attached hydrogens (tertiary/aromatic N) is 1. The molecule has 1 fully saturated rings. The predicted octanol–water partition coefficient (Wildman–Crippen LogP) is 1.32. The average Bonchev–Trinajstić information content (AvgIpc) is 2.82. The van der Waals surface area contributed by atoms with Gasteiger partial charge in [-0.05, 0) is 38.3 Å². The molecule has 1 unspecified atom stereocenters. The summed E-state index contributed by atoms with van der Waals surface area (Å²) < 4.78 is 0. The zero-order valence-corrected chi connectivity index (χ0v) is 10.4. The minimum Gasteiger partial charge on any atom is -0.391 e. The molecule has 94 valence electrons. The Kier molecular flexibility index (Phi) is 3.24. The van der Waals surface area contributed by atoms with Gasteiger partial charge < -0.3 is 15.0 Å². The van der Waals surface area contributed by atoms with Crippen molar-refractivity contribution < 1.29 is 9.90 Å². The molecule has 2 rings (SSSR count). The van der Waals surface area contributed by atoms with Crippen LogP contribution >= 0.6 is 0 Å². The predicted molar refractivity (Wildman–Crippen MR) is 65.5 cm³/mol. The van der Waals surface area contributed by atoms with Gasteiger partial charge in [0.05, 0.1) is 6.10 Å². The molecule has 1 aromatic rings. The number of β-amino-alcohol motifs (C(OH)–C–C–N with tert-alkyl or cyclic N) is 1. The van der Waals surface area contributed by atoms with E-state index in [1.807, 2.05) is 37.2 Å². The lowest BCUT2D eigenvalue weighted by molar-refractivity contribution is -0.134. The number of aliphatic hydroxyl groups excluding tert-OH is 1. The van der Waals surface area contributed by atoms with E-state index in [-0.39, 0.29) is 17.6 Å². The van der Waals surface area contributed by atoms with Crippen LogP contribution in [0.1, 0.15) is 32.3 Å². The molecule has 2 heterocycles. The van der Waals surface area contributed by atoms with Gasteiger partial charge in [0, 0.05) is 30.9 Å². The number of aromatic nitrogens is 1. The maximum Gasteiger partial charge on any atom is 0.223 e. The smallest absolute Gasteiger partial charge is 0.223 e. The van der Waals surface area contributed by atoms with Crippen molar-refractivity contribution >= 4 is 5.91 Å².